The van der Waals surface area contributed by atoms with Gasteiger partial charge in [0.1, 0.15) is 0 Å². The number of hydrogen-bond acceptors (Lipinski definition) is 3. The Kier molecular flexibility index (Phi) is 2.14. The van der Waals surface area contributed by atoms with Gasteiger partial charge in [-0.05, 0) is 17.2 Å². The first-order valence-corrected chi connectivity index (χ1v) is 4.29. The summed E-state index contributed by atoms with van der Waals surface area (Å²) >= 11 is 0. The van der Waals surface area contributed by atoms with Gasteiger partial charge in [0, 0.05) is 13.0 Å². The number of rotatable bonds is 1. The molecule has 1 aromatic heterocycles. The predicted octanol–water partition coefficient (Wildman–Crippen LogP) is 2.54. The zero-order chi connectivity index (χ0) is 9.97. The lowest BCUT2D eigenvalue weighted by atomic mass is 10.3. The van der Waals surface area contributed by atoms with Gasteiger partial charge < -0.3 is 4.52 Å². The van der Waals surface area contributed by atoms with Crippen LogP contribution in [0.3, 0.4) is 0 Å². The zero-order valence-corrected chi connectivity index (χ0v) is 7.73. The van der Waals surface area contributed by atoms with Gasteiger partial charge in [-0.3, -0.25) is 4.79 Å². The van der Waals surface area contributed by atoms with E-state index < -0.39 is 0 Å². The molecule has 0 N–H and O–H groups in total. The van der Waals surface area contributed by atoms with E-state index in [0.717, 1.165) is 0 Å². The largest absolute Gasteiger partial charge is 0.353 e. The van der Waals surface area contributed by atoms with E-state index in [1.165, 1.54) is 30.3 Å². The summed E-state index contributed by atoms with van der Waals surface area (Å²) in [5.74, 6) is 0.215. The molecule has 0 aromatic carbocycles. The van der Waals surface area contributed by atoms with Crippen molar-refractivity contribution >= 4 is 5.78 Å². The van der Waals surface area contributed by atoms with Crippen molar-refractivity contribution in [3.05, 3.63) is 42.3 Å². The average molecular weight is 187 g/mol. The molecule has 70 valence electrons. The number of carbonyl (C=O) groups excluding carboxylic acids is 1. The monoisotopic (exact) mass is 187 g/mol. The fourth-order valence-corrected chi connectivity index (χ4v) is 1.07. The van der Waals surface area contributed by atoms with Gasteiger partial charge in [-0.2, -0.15) is 0 Å². The Balaban J connectivity index is 0.000000110. The van der Waals surface area contributed by atoms with E-state index in [2.05, 4.69) is 33.9 Å². The number of fused-ring (bicyclic) bond motifs is 1. The van der Waals surface area contributed by atoms with Crippen molar-refractivity contribution in [2.45, 2.75) is 6.92 Å². The Labute approximate surface area is 81.3 Å². The zero-order valence-electron chi connectivity index (χ0n) is 7.73. The van der Waals surface area contributed by atoms with Crippen molar-refractivity contribution in [1.29, 1.82) is 0 Å². The highest BCUT2D eigenvalue weighted by atomic mass is 16.5. The van der Waals surface area contributed by atoms with Crippen molar-refractivity contribution in [3.8, 4) is 11.1 Å². The molecule has 0 unspecified atom stereocenters. The first kappa shape index (κ1) is 8.69. The van der Waals surface area contributed by atoms with E-state index in [-0.39, 0.29) is 5.78 Å². The highest BCUT2D eigenvalue weighted by Crippen LogP contribution is 2.32. The van der Waals surface area contributed by atoms with Crippen LogP contribution in [-0.2, 0) is 0 Å². The smallest absolute Gasteiger partial charge is 0.202 e. The minimum atomic E-state index is -0.0949. The normalized spacial score (nSPS) is 10.1. The maximum atomic E-state index is 10.4. The molecule has 0 aliphatic heterocycles. The lowest BCUT2D eigenvalue weighted by Crippen LogP contribution is -1.85. The van der Waals surface area contributed by atoms with Gasteiger partial charge in [0.25, 0.3) is 0 Å². The number of aromatic nitrogens is 1. The first-order chi connectivity index (χ1) is 6.77. The Morgan fingerprint density at radius 3 is 2.21 bits per heavy atom. The Bertz CT molecular complexity index is 429. The molecule has 0 fully saturated rings. The molecule has 0 saturated heterocycles. The summed E-state index contributed by atoms with van der Waals surface area (Å²) in [5, 5.41) is 3.35. The number of hydrogen-bond donors (Lipinski definition) is 0. The topological polar surface area (TPSA) is 43.1 Å². The van der Waals surface area contributed by atoms with E-state index in [1.54, 1.807) is 0 Å². The molecule has 3 heteroatoms. The van der Waals surface area contributed by atoms with Crippen LogP contribution in [0.2, 0.25) is 0 Å². The molecule has 0 spiro atoms. The number of ketones is 1. The lowest BCUT2D eigenvalue weighted by Gasteiger charge is -1.77. The Morgan fingerprint density at radius 2 is 2.00 bits per heavy atom. The van der Waals surface area contributed by atoms with Crippen LogP contribution in [0.25, 0.3) is 11.1 Å². The molecule has 0 saturated carbocycles. The summed E-state index contributed by atoms with van der Waals surface area (Å²) in [7, 11) is 0. The van der Waals surface area contributed by atoms with Crippen LogP contribution in [0, 0.1) is 0 Å². The predicted molar refractivity (Wildman–Crippen MR) is 51.9 cm³/mol. The van der Waals surface area contributed by atoms with Gasteiger partial charge in [0.05, 0.1) is 6.20 Å². The molecular weight excluding hydrogens is 178 g/mol. The molecule has 14 heavy (non-hydrogen) atoms. The third-order valence-corrected chi connectivity index (χ3v) is 1.90. The van der Waals surface area contributed by atoms with Crippen molar-refractivity contribution in [3.63, 3.8) is 0 Å². The van der Waals surface area contributed by atoms with E-state index >= 15 is 0 Å². The van der Waals surface area contributed by atoms with Gasteiger partial charge in [0.2, 0.25) is 5.76 Å². The highest BCUT2D eigenvalue weighted by Gasteiger charge is 2.06. The number of Topliss-reactive ketones (excluding diaryl/α,β-unsaturated/α-hetero) is 1. The molecule has 2 aliphatic rings. The minimum absolute atomic E-state index is 0.0949. The molecule has 0 amide bonds. The van der Waals surface area contributed by atoms with Crippen molar-refractivity contribution in [1.82, 2.24) is 5.16 Å². The maximum Gasteiger partial charge on any atom is 0.202 e. The second-order valence-electron chi connectivity index (χ2n) is 3.01. The number of benzene rings is 1. The SMILES string of the molecule is CC(=O)c1ccno1.c1cc2cc-2c1. The van der Waals surface area contributed by atoms with Gasteiger partial charge in [-0.1, -0.05) is 23.4 Å². The van der Waals surface area contributed by atoms with Crippen LogP contribution in [0.15, 0.2) is 41.1 Å². The summed E-state index contributed by atoms with van der Waals surface area (Å²) in [5.41, 5.74) is 2.85. The Morgan fingerprint density at radius 1 is 1.29 bits per heavy atom. The van der Waals surface area contributed by atoms with Crippen LogP contribution in [-0.4, -0.2) is 10.9 Å². The first-order valence-electron chi connectivity index (χ1n) is 4.29. The van der Waals surface area contributed by atoms with E-state index in [4.69, 9.17) is 0 Å². The molecular formula is C11H9NO2. The average Bonchev–Trinajstić information content (AvgIpc) is 2.68. The fraction of sp³-hybridized carbons (Fsp3) is 0.0909. The molecule has 3 nitrogen and oxygen atoms in total. The van der Waals surface area contributed by atoms with Gasteiger partial charge >= 0.3 is 0 Å². The van der Waals surface area contributed by atoms with Gasteiger partial charge in [0.15, 0.2) is 5.78 Å². The lowest BCUT2D eigenvalue weighted by molar-refractivity contribution is 0.0978. The van der Waals surface area contributed by atoms with E-state index in [1.807, 2.05) is 0 Å². The van der Waals surface area contributed by atoms with Gasteiger partial charge in [-0.25, -0.2) is 0 Å². The minimum Gasteiger partial charge on any atom is -0.353 e. The number of nitrogens with zero attached hydrogens (tertiary/aromatic N) is 1. The molecule has 0 radical (unpaired) electrons. The third kappa shape index (κ3) is 1.88. The summed E-state index contributed by atoms with van der Waals surface area (Å²) < 4.78 is 4.50. The molecule has 1 heterocycles. The second kappa shape index (κ2) is 3.46. The third-order valence-electron chi connectivity index (χ3n) is 1.90. The van der Waals surface area contributed by atoms with E-state index in [0.29, 0.717) is 5.76 Å². The number of carbonyl (C=O) groups is 1. The fourth-order valence-electron chi connectivity index (χ4n) is 1.07. The van der Waals surface area contributed by atoms with Crippen molar-refractivity contribution < 1.29 is 9.32 Å². The summed E-state index contributed by atoms with van der Waals surface area (Å²) in [4.78, 5) is 10.4. The van der Waals surface area contributed by atoms with Crippen LogP contribution >= 0.6 is 0 Å². The Hall–Kier alpha value is -1.90. The van der Waals surface area contributed by atoms with E-state index in [9.17, 15) is 4.79 Å². The van der Waals surface area contributed by atoms with Crippen LogP contribution in [0.1, 0.15) is 17.5 Å². The molecule has 3 rings (SSSR count). The highest BCUT2D eigenvalue weighted by molar-refractivity contribution is 5.90. The standard InChI is InChI=1S/C6H4.C5H5NO2/c1-2-5-4-6(5)3-1;1-4(7)5-2-3-6-8-5/h1-4H;2-3H,1H3. The van der Waals surface area contributed by atoms with Crippen LogP contribution in [0.5, 0.6) is 0 Å². The van der Waals surface area contributed by atoms with Gasteiger partial charge in [-0.15, -0.1) is 0 Å². The molecule has 0 atom stereocenters. The van der Waals surface area contributed by atoms with Crippen molar-refractivity contribution in [2.24, 2.45) is 0 Å². The molecule has 0 bridgehead atoms. The molecule has 2 aliphatic carbocycles. The van der Waals surface area contributed by atoms with Crippen molar-refractivity contribution in [2.75, 3.05) is 0 Å². The van der Waals surface area contributed by atoms with Crippen LogP contribution < -0.4 is 0 Å². The summed E-state index contributed by atoms with van der Waals surface area (Å²) in [6.07, 6.45) is 1.44. The summed E-state index contributed by atoms with van der Waals surface area (Å²) in [6, 6.07) is 10.0. The quantitative estimate of drug-likeness (QED) is 0.550. The maximum absolute atomic E-state index is 10.4. The second-order valence-corrected chi connectivity index (χ2v) is 3.01. The molecule has 1 aromatic rings. The summed E-state index contributed by atoms with van der Waals surface area (Å²) in [6.45, 7) is 1.43. The van der Waals surface area contributed by atoms with Crippen LogP contribution in [0.4, 0.5) is 0 Å².